The first-order chi connectivity index (χ1) is 18.8. The summed E-state index contributed by atoms with van der Waals surface area (Å²) in [5.74, 6) is -0.400. The molecule has 0 spiro atoms. The molecule has 2 aromatic carbocycles. The molecule has 2 aromatic rings. The number of benzene rings is 2. The number of piperazine rings is 1. The number of nitrogens with zero attached hydrogens (tertiary/aromatic N) is 3. The molecule has 0 aliphatic carbocycles. The molecular formula is C28H31F6N3O3. The summed E-state index contributed by atoms with van der Waals surface area (Å²) in [6.07, 6.45) is -10.0. The van der Waals surface area contributed by atoms with E-state index in [1.165, 1.54) is 6.92 Å². The maximum Gasteiger partial charge on any atom is 0.416 e. The van der Waals surface area contributed by atoms with Gasteiger partial charge in [0.25, 0.3) is 0 Å². The van der Waals surface area contributed by atoms with Crippen LogP contribution < -0.4 is 0 Å². The van der Waals surface area contributed by atoms with Crippen molar-refractivity contribution >= 4 is 11.8 Å². The Morgan fingerprint density at radius 2 is 1.45 bits per heavy atom. The highest BCUT2D eigenvalue weighted by Crippen LogP contribution is 2.37. The zero-order chi connectivity index (χ0) is 29.1. The normalized spacial score (nSPS) is 21.0. The van der Waals surface area contributed by atoms with E-state index in [1.54, 1.807) is 9.80 Å². The standard InChI is InChI=1S/C28H31F6N3O3/c1-19(38)36-11-9-35(10-12-36)17-26(39)37-8-7-25(24(16-37)21-5-3-2-4-6-21)40-18-20-13-22(27(29,30)31)15-23(14-20)28(32,33)34/h2-6,13-15,24-25H,7-12,16-18H2,1H3. The average molecular weight is 572 g/mol. The Bertz CT molecular complexity index is 1150. The molecular weight excluding hydrogens is 540 g/mol. The number of rotatable bonds is 6. The summed E-state index contributed by atoms with van der Waals surface area (Å²) in [7, 11) is 0. The number of hydrogen-bond acceptors (Lipinski definition) is 4. The van der Waals surface area contributed by atoms with Crippen LogP contribution in [0.1, 0.15) is 41.5 Å². The summed E-state index contributed by atoms with van der Waals surface area (Å²) in [5, 5.41) is 0. The molecule has 2 heterocycles. The van der Waals surface area contributed by atoms with E-state index in [-0.39, 0.29) is 35.9 Å². The van der Waals surface area contributed by atoms with Crippen LogP contribution in [0.5, 0.6) is 0 Å². The van der Waals surface area contributed by atoms with Gasteiger partial charge in [0, 0.05) is 52.1 Å². The van der Waals surface area contributed by atoms with Crippen LogP contribution in [0.3, 0.4) is 0 Å². The monoisotopic (exact) mass is 571 g/mol. The maximum atomic E-state index is 13.3. The summed E-state index contributed by atoms with van der Waals surface area (Å²) < 4.78 is 85.7. The number of carbonyl (C=O) groups is 2. The number of amides is 2. The third kappa shape index (κ3) is 7.54. The van der Waals surface area contributed by atoms with E-state index in [0.717, 1.165) is 5.56 Å². The summed E-state index contributed by atoms with van der Waals surface area (Å²) in [6.45, 7) is 4.20. The van der Waals surface area contributed by atoms with Crippen molar-refractivity contribution in [2.75, 3.05) is 45.8 Å². The molecule has 0 aromatic heterocycles. The molecule has 2 atom stereocenters. The second-order valence-electron chi connectivity index (χ2n) is 10.2. The van der Waals surface area contributed by atoms with E-state index in [4.69, 9.17) is 4.74 Å². The van der Waals surface area contributed by atoms with Crippen LogP contribution in [0.2, 0.25) is 0 Å². The van der Waals surface area contributed by atoms with Crippen LogP contribution >= 0.6 is 0 Å². The van der Waals surface area contributed by atoms with Crippen molar-refractivity contribution in [3.63, 3.8) is 0 Å². The molecule has 0 saturated carbocycles. The lowest BCUT2D eigenvalue weighted by molar-refractivity contribution is -0.143. The van der Waals surface area contributed by atoms with Gasteiger partial charge in [-0.05, 0) is 35.7 Å². The van der Waals surface area contributed by atoms with E-state index < -0.39 is 36.2 Å². The van der Waals surface area contributed by atoms with Crippen LogP contribution in [0.4, 0.5) is 26.3 Å². The highest BCUT2D eigenvalue weighted by Gasteiger charge is 2.38. The Morgan fingerprint density at radius 1 is 0.850 bits per heavy atom. The predicted octanol–water partition coefficient (Wildman–Crippen LogP) is 4.79. The molecule has 4 rings (SSSR count). The van der Waals surface area contributed by atoms with Crippen molar-refractivity contribution in [3.05, 3.63) is 70.8 Å². The fraction of sp³-hybridized carbons (Fsp3) is 0.500. The quantitative estimate of drug-likeness (QED) is 0.468. The van der Waals surface area contributed by atoms with Crippen molar-refractivity contribution in [2.45, 2.75) is 44.3 Å². The number of piperidine rings is 1. The predicted molar refractivity (Wildman–Crippen MR) is 134 cm³/mol. The Kier molecular flexibility index (Phi) is 9.09. The molecule has 218 valence electrons. The number of carbonyl (C=O) groups excluding carboxylic acids is 2. The molecule has 2 aliphatic rings. The van der Waals surface area contributed by atoms with E-state index in [0.29, 0.717) is 57.8 Å². The summed E-state index contributed by atoms with van der Waals surface area (Å²) in [6, 6.07) is 10.7. The largest absolute Gasteiger partial charge is 0.416 e. The molecule has 0 N–H and O–H groups in total. The Hall–Kier alpha value is -3.12. The summed E-state index contributed by atoms with van der Waals surface area (Å²) >= 11 is 0. The van der Waals surface area contributed by atoms with Gasteiger partial charge in [0.15, 0.2) is 0 Å². The lowest BCUT2D eigenvalue weighted by atomic mass is 9.87. The average Bonchev–Trinajstić information content (AvgIpc) is 2.91. The molecule has 2 fully saturated rings. The number of ether oxygens (including phenoxy) is 1. The van der Waals surface area contributed by atoms with Gasteiger partial charge in [-0.1, -0.05) is 30.3 Å². The van der Waals surface area contributed by atoms with Gasteiger partial charge >= 0.3 is 12.4 Å². The maximum absolute atomic E-state index is 13.3. The molecule has 6 nitrogen and oxygen atoms in total. The van der Waals surface area contributed by atoms with Gasteiger partial charge in [0.1, 0.15) is 0 Å². The highest BCUT2D eigenvalue weighted by atomic mass is 19.4. The van der Waals surface area contributed by atoms with E-state index in [1.807, 2.05) is 35.2 Å². The van der Waals surface area contributed by atoms with Crippen LogP contribution in [0.25, 0.3) is 0 Å². The lowest BCUT2D eigenvalue weighted by Gasteiger charge is -2.40. The van der Waals surface area contributed by atoms with Gasteiger partial charge in [0.2, 0.25) is 11.8 Å². The van der Waals surface area contributed by atoms with Crippen molar-refractivity contribution in [2.24, 2.45) is 0 Å². The Morgan fingerprint density at radius 3 is 2.00 bits per heavy atom. The van der Waals surface area contributed by atoms with Crippen LogP contribution in [-0.2, 0) is 33.3 Å². The minimum absolute atomic E-state index is 0.00138. The fourth-order valence-electron chi connectivity index (χ4n) is 5.19. The van der Waals surface area contributed by atoms with Crippen molar-refractivity contribution in [1.82, 2.24) is 14.7 Å². The van der Waals surface area contributed by atoms with Gasteiger partial charge in [0.05, 0.1) is 30.4 Å². The van der Waals surface area contributed by atoms with Crippen molar-refractivity contribution < 1.29 is 40.7 Å². The third-order valence-corrected chi connectivity index (χ3v) is 7.42. The minimum atomic E-state index is -4.94. The topological polar surface area (TPSA) is 53.1 Å². The molecule has 2 amide bonds. The van der Waals surface area contributed by atoms with E-state index in [9.17, 15) is 35.9 Å². The smallest absolute Gasteiger partial charge is 0.373 e. The molecule has 2 saturated heterocycles. The van der Waals surface area contributed by atoms with E-state index in [2.05, 4.69) is 0 Å². The summed E-state index contributed by atoms with van der Waals surface area (Å²) in [4.78, 5) is 30.2. The summed E-state index contributed by atoms with van der Waals surface area (Å²) in [5.41, 5.74) is -2.13. The minimum Gasteiger partial charge on any atom is -0.373 e. The number of likely N-dealkylation sites (tertiary alicyclic amines) is 1. The number of halogens is 6. The van der Waals surface area contributed by atoms with Crippen LogP contribution in [-0.4, -0.2) is 78.4 Å². The Labute approximate surface area is 228 Å². The Balaban J connectivity index is 1.45. The van der Waals surface area contributed by atoms with Gasteiger partial charge in [-0.15, -0.1) is 0 Å². The van der Waals surface area contributed by atoms with Crippen molar-refractivity contribution in [3.8, 4) is 0 Å². The zero-order valence-electron chi connectivity index (χ0n) is 22.0. The van der Waals surface area contributed by atoms with Gasteiger partial charge in [-0.3, -0.25) is 14.5 Å². The first-order valence-electron chi connectivity index (χ1n) is 13.0. The molecule has 2 aliphatic heterocycles. The van der Waals surface area contributed by atoms with Crippen LogP contribution in [0, 0.1) is 0 Å². The molecule has 0 radical (unpaired) electrons. The molecule has 0 bridgehead atoms. The van der Waals surface area contributed by atoms with Crippen LogP contribution in [0.15, 0.2) is 48.5 Å². The molecule has 2 unspecified atom stereocenters. The van der Waals surface area contributed by atoms with Crippen molar-refractivity contribution in [1.29, 1.82) is 0 Å². The number of hydrogen-bond donors (Lipinski definition) is 0. The highest BCUT2D eigenvalue weighted by molar-refractivity contribution is 5.78. The second kappa shape index (κ2) is 12.2. The van der Waals surface area contributed by atoms with Gasteiger partial charge in [-0.25, -0.2) is 0 Å². The third-order valence-electron chi connectivity index (χ3n) is 7.42. The van der Waals surface area contributed by atoms with Gasteiger partial charge in [-0.2, -0.15) is 26.3 Å². The van der Waals surface area contributed by atoms with E-state index >= 15 is 0 Å². The second-order valence-corrected chi connectivity index (χ2v) is 10.2. The molecule has 40 heavy (non-hydrogen) atoms. The lowest BCUT2D eigenvalue weighted by Crippen LogP contribution is -2.53. The fourth-order valence-corrected chi connectivity index (χ4v) is 5.19. The number of alkyl halides is 6. The molecule has 12 heteroatoms. The SMILES string of the molecule is CC(=O)N1CCN(CC(=O)N2CCC(OCc3cc(C(F)(F)F)cc(C(F)(F)F)c3)C(c3ccccc3)C2)CC1. The zero-order valence-corrected chi connectivity index (χ0v) is 22.0. The van der Waals surface area contributed by atoms with Gasteiger partial charge < -0.3 is 14.5 Å². The first-order valence-corrected chi connectivity index (χ1v) is 13.0. The first kappa shape index (κ1) is 29.9.